The number of nitrogens with one attached hydrogen (secondary N) is 1. The third-order valence-corrected chi connectivity index (χ3v) is 5.82. The molecule has 0 aliphatic carbocycles. The van der Waals surface area contributed by atoms with Crippen LogP contribution >= 0.6 is 11.3 Å². The molecule has 0 unspecified atom stereocenters. The van der Waals surface area contributed by atoms with Crippen LogP contribution in [0.25, 0.3) is 20.8 Å². The fourth-order valence-corrected chi connectivity index (χ4v) is 4.04. The molecule has 0 aliphatic heterocycles. The number of rotatable bonds is 7. The number of methoxy groups -OCH3 is 1. The molecule has 5 nitrogen and oxygen atoms in total. The van der Waals surface area contributed by atoms with Crippen molar-refractivity contribution in [1.82, 2.24) is 4.98 Å². The van der Waals surface area contributed by atoms with E-state index in [0.29, 0.717) is 11.3 Å². The summed E-state index contributed by atoms with van der Waals surface area (Å²) in [6.07, 6.45) is -5.30. The average molecular weight is 472 g/mol. The van der Waals surface area contributed by atoms with Crippen LogP contribution in [0, 0.1) is 0 Å². The molecule has 170 valence electrons. The maximum absolute atomic E-state index is 12.5. The summed E-state index contributed by atoms with van der Waals surface area (Å²) in [5, 5.41) is 3.66. The molecule has 0 bridgehead atoms. The highest BCUT2D eigenvalue weighted by Crippen LogP contribution is 2.32. The maximum Gasteiger partial charge on any atom is 0.392 e. The average Bonchev–Trinajstić information content (AvgIpc) is 3.22. The van der Waals surface area contributed by atoms with Crippen LogP contribution in [0.5, 0.6) is 11.5 Å². The number of ether oxygens (including phenoxy) is 2. The molecule has 3 aromatic carbocycles. The number of amides is 1. The Balaban J connectivity index is 1.38. The summed E-state index contributed by atoms with van der Waals surface area (Å²) >= 11 is 1.55. The Bertz CT molecular complexity index is 1250. The van der Waals surface area contributed by atoms with Gasteiger partial charge in [0.1, 0.15) is 16.5 Å². The molecule has 1 heterocycles. The van der Waals surface area contributed by atoms with E-state index < -0.39 is 19.2 Å². The quantitative estimate of drug-likeness (QED) is 0.331. The number of fused-ring (bicyclic) bond motifs is 1. The van der Waals surface area contributed by atoms with Crippen molar-refractivity contribution in [2.45, 2.75) is 12.6 Å². The molecule has 0 spiro atoms. The maximum atomic E-state index is 12.5. The third kappa shape index (κ3) is 5.81. The van der Waals surface area contributed by atoms with Crippen LogP contribution in [-0.2, 0) is 0 Å². The molecule has 1 N–H and O–H groups in total. The van der Waals surface area contributed by atoms with E-state index in [9.17, 15) is 18.0 Å². The second kappa shape index (κ2) is 9.50. The van der Waals surface area contributed by atoms with E-state index in [2.05, 4.69) is 10.3 Å². The van der Waals surface area contributed by atoms with Gasteiger partial charge in [-0.1, -0.05) is 0 Å². The fourth-order valence-electron chi connectivity index (χ4n) is 3.04. The highest BCUT2D eigenvalue weighted by molar-refractivity contribution is 7.21. The molecule has 9 heteroatoms. The van der Waals surface area contributed by atoms with Gasteiger partial charge in [0.25, 0.3) is 5.91 Å². The largest absolute Gasteiger partial charge is 0.497 e. The minimum atomic E-state index is -4.27. The predicted octanol–water partition coefficient (Wildman–Crippen LogP) is 6.56. The van der Waals surface area contributed by atoms with Crippen molar-refractivity contribution < 1.29 is 27.4 Å². The third-order valence-electron chi connectivity index (χ3n) is 4.76. The first-order valence-corrected chi connectivity index (χ1v) is 10.8. The van der Waals surface area contributed by atoms with Crippen LogP contribution in [-0.4, -0.2) is 30.8 Å². The molecule has 4 aromatic rings. The summed E-state index contributed by atoms with van der Waals surface area (Å²) in [5.74, 6) is 0.710. The monoisotopic (exact) mass is 472 g/mol. The number of halogens is 3. The molecule has 4 rings (SSSR count). The fraction of sp³-hybridized carbons (Fsp3) is 0.167. The lowest BCUT2D eigenvalue weighted by Crippen LogP contribution is -2.13. The Morgan fingerprint density at radius 1 is 1.00 bits per heavy atom. The van der Waals surface area contributed by atoms with Crippen molar-refractivity contribution >= 4 is 33.1 Å². The number of thiazole rings is 1. The van der Waals surface area contributed by atoms with E-state index in [1.165, 1.54) is 24.3 Å². The first kappa shape index (κ1) is 22.6. The van der Waals surface area contributed by atoms with E-state index >= 15 is 0 Å². The Morgan fingerprint density at radius 3 is 2.36 bits per heavy atom. The van der Waals surface area contributed by atoms with Crippen molar-refractivity contribution in [3.63, 3.8) is 0 Å². The molecule has 1 amide bonds. The van der Waals surface area contributed by atoms with Crippen LogP contribution in [0.4, 0.5) is 18.9 Å². The second-order valence-corrected chi connectivity index (χ2v) is 8.15. The number of hydrogen-bond acceptors (Lipinski definition) is 5. The minimum absolute atomic E-state index is 0.272. The zero-order valence-corrected chi connectivity index (χ0v) is 18.3. The van der Waals surface area contributed by atoms with Gasteiger partial charge >= 0.3 is 6.18 Å². The first-order chi connectivity index (χ1) is 15.8. The lowest BCUT2D eigenvalue weighted by Gasteiger charge is -2.09. The molecule has 1 aromatic heterocycles. The Hall–Kier alpha value is -3.59. The number of hydrogen-bond donors (Lipinski definition) is 1. The van der Waals surface area contributed by atoms with Crippen LogP contribution in [0.15, 0.2) is 66.7 Å². The highest BCUT2D eigenvalue weighted by atomic mass is 32.1. The summed E-state index contributed by atoms with van der Waals surface area (Å²) in [4.78, 5) is 17.1. The van der Waals surface area contributed by atoms with E-state index in [0.717, 1.165) is 26.5 Å². The van der Waals surface area contributed by atoms with Crippen molar-refractivity contribution in [2.24, 2.45) is 0 Å². The Morgan fingerprint density at radius 2 is 1.70 bits per heavy atom. The Labute approximate surface area is 191 Å². The van der Waals surface area contributed by atoms with E-state index in [4.69, 9.17) is 9.47 Å². The van der Waals surface area contributed by atoms with E-state index in [1.54, 1.807) is 30.6 Å². The lowest BCUT2D eigenvalue weighted by molar-refractivity contribution is -0.139. The van der Waals surface area contributed by atoms with Gasteiger partial charge in [0.15, 0.2) is 0 Å². The van der Waals surface area contributed by atoms with Crippen molar-refractivity contribution in [3.05, 3.63) is 72.3 Å². The van der Waals surface area contributed by atoms with Crippen molar-refractivity contribution in [1.29, 1.82) is 0 Å². The van der Waals surface area contributed by atoms with Gasteiger partial charge in [0.05, 0.1) is 30.4 Å². The van der Waals surface area contributed by atoms with Gasteiger partial charge in [-0.2, -0.15) is 13.2 Å². The van der Waals surface area contributed by atoms with Gasteiger partial charge in [-0.15, -0.1) is 11.3 Å². The van der Waals surface area contributed by atoms with Gasteiger partial charge in [-0.25, -0.2) is 4.98 Å². The van der Waals surface area contributed by atoms with E-state index in [-0.39, 0.29) is 11.7 Å². The standard InChI is InChI=1S/C24H19F3N2O3S/c1-31-19-10-11-20-21(14-19)33-23(29-20)16-2-6-17(7-3-16)28-22(30)15-4-8-18(9-5-15)32-13-12-24(25,26)27/h2-11,14H,12-13H2,1H3,(H,28,30). The first-order valence-electron chi connectivity index (χ1n) is 9.97. The number of nitrogens with zero attached hydrogens (tertiary/aromatic N) is 1. The van der Waals surface area contributed by atoms with E-state index in [1.807, 2.05) is 30.3 Å². The molecule has 0 saturated carbocycles. The summed E-state index contributed by atoms with van der Waals surface area (Å²) in [6.45, 7) is -0.469. The topological polar surface area (TPSA) is 60.5 Å². The zero-order chi connectivity index (χ0) is 23.4. The van der Waals surface area contributed by atoms with Gasteiger partial charge < -0.3 is 14.8 Å². The number of carbonyl (C=O) groups is 1. The summed E-state index contributed by atoms with van der Waals surface area (Å²) < 4.78 is 47.9. The van der Waals surface area contributed by atoms with Gasteiger partial charge in [0.2, 0.25) is 0 Å². The van der Waals surface area contributed by atoms with Gasteiger partial charge in [-0.3, -0.25) is 4.79 Å². The summed E-state index contributed by atoms with van der Waals surface area (Å²) in [6, 6.07) is 19.0. The number of carbonyl (C=O) groups excluding carboxylic acids is 1. The smallest absolute Gasteiger partial charge is 0.392 e. The van der Waals surface area contributed by atoms with Crippen LogP contribution in [0.2, 0.25) is 0 Å². The zero-order valence-electron chi connectivity index (χ0n) is 17.5. The normalized spacial score (nSPS) is 11.4. The highest BCUT2D eigenvalue weighted by Gasteiger charge is 2.26. The summed E-state index contributed by atoms with van der Waals surface area (Å²) in [5.41, 5.74) is 2.78. The van der Waals surface area contributed by atoms with Crippen LogP contribution < -0.4 is 14.8 Å². The van der Waals surface area contributed by atoms with Crippen LogP contribution in [0.1, 0.15) is 16.8 Å². The van der Waals surface area contributed by atoms with Gasteiger partial charge in [0, 0.05) is 16.8 Å². The number of benzene rings is 3. The second-order valence-electron chi connectivity index (χ2n) is 7.12. The SMILES string of the molecule is COc1ccc2nc(-c3ccc(NC(=O)c4ccc(OCCC(F)(F)F)cc4)cc3)sc2c1. The van der Waals surface area contributed by atoms with Crippen molar-refractivity contribution in [3.8, 4) is 22.1 Å². The molecular weight excluding hydrogens is 453 g/mol. The summed E-state index contributed by atoms with van der Waals surface area (Å²) in [7, 11) is 1.62. The number of aromatic nitrogens is 1. The number of anilines is 1. The molecule has 0 fully saturated rings. The molecule has 0 radical (unpaired) electrons. The van der Waals surface area contributed by atoms with Crippen molar-refractivity contribution in [2.75, 3.05) is 19.0 Å². The molecule has 33 heavy (non-hydrogen) atoms. The molecule has 0 saturated heterocycles. The van der Waals surface area contributed by atoms with Crippen LogP contribution in [0.3, 0.4) is 0 Å². The lowest BCUT2D eigenvalue weighted by atomic mass is 10.2. The molecule has 0 aliphatic rings. The Kier molecular flexibility index (Phi) is 6.50. The predicted molar refractivity (Wildman–Crippen MR) is 122 cm³/mol. The molecule has 0 atom stereocenters. The molecular formula is C24H19F3N2O3S. The van der Waals surface area contributed by atoms with Gasteiger partial charge in [-0.05, 0) is 66.7 Å². The minimum Gasteiger partial charge on any atom is -0.497 e. The number of alkyl halides is 3.